The molecule has 0 saturated carbocycles. The van der Waals surface area contributed by atoms with E-state index in [1.807, 2.05) is 24.3 Å². The Morgan fingerprint density at radius 1 is 1.00 bits per heavy atom. The van der Waals surface area contributed by atoms with Crippen LogP contribution in [-0.2, 0) is 4.74 Å². The maximum absolute atomic E-state index is 5.43. The summed E-state index contributed by atoms with van der Waals surface area (Å²) in [7, 11) is 1.60. The second-order valence-corrected chi connectivity index (χ2v) is 2.87. The average molecular weight is 196 g/mol. The van der Waals surface area contributed by atoms with Crippen molar-refractivity contribution in [3.8, 4) is 11.5 Å². The Bertz CT molecular complexity index is 216. The lowest BCUT2D eigenvalue weighted by Crippen LogP contribution is -1.99. The summed E-state index contributed by atoms with van der Waals surface area (Å²) in [5.41, 5.74) is 0. The van der Waals surface area contributed by atoms with E-state index in [1.54, 1.807) is 7.11 Å². The highest BCUT2D eigenvalue weighted by Gasteiger charge is 1.94. The molecule has 1 aromatic carbocycles. The molecule has 0 radical (unpaired) electrons. The van der Waals surface area contributed by atoms with Crippen LogP contribution in [0.5, 0.6) is 11.5 Å². The zero-order chi connectivity index (χ0) is 10.2. The van der Waals surface area contributed by atoms with Gasteiger partial charge in [0.25, 0.3) is 0 Å². The van der Waals surface area contributed by atoms with Crippen LogP contribution in [0.15, 0.2) is 24.3 Å². The summed E-state index contributed by atoms with van der Waals surface area (Å²) in [6, 6.07) is 7.51. The van der Waals surface area contributed by atoms with Crippen LogP contribution < -0.4 is 9.47 Å². The summed E-state index contributed by atoms with van der Waals surface area (Å²) in [4.78, 5) is 0. The van der Waals surface area contributed by atoms with Gasteiger partial charge in [-0.15, -0.1) is 0 Å². The van der Waals surface area contributed by atoms with Gasteiger partial charge in [0, 0.05) is 7.11 Å². The van der Waals surface area contributed by atoms with Gasteiger partial charge in [0.1, 0.15) is 11.5 Å². The van der Waals surface area contributed by atoms with E-state index >= 15 is 0 Å². The molecule has 1 aromatic rings. The van der Waals surface area contributed by atoms with Gasteiger partial charge < -0.3 is 14.2 Å². The SMILES string of the molecule is CCCOc1ccc(OCOC)cc1. The van der Waals surface area contributed by atoms with Crippen molar-refractivity contribution in [1.82, 2.24) is 0 Å². The van der Waals surface area contributed by atoms with Crippen molar-refractivity contribution in [3.05, 3.63) is 24.3 Å². The van der Waals surface area contributed by atoms with E-state index in [0.29, 0.717) is 0 Å². The monoisotopic (exact) mass is 196 g/mol. The molecule has 0 N–H and O–H groups in total. The lowest BCUT2D eigenvalue weighted by Gasteiger charge is -2.06. The second-order valence-electron chi connectivity index (χ2n) is 2.87. The fourth-order valence-electron chi connectivity index (χ4n) is 0.979. The van der Waals surface area contributed by atoms with E-state index in [0.717, 1.165) is 24.5 Å². The first kappa shape index (κ1) is 10.9. The van der Waals surface area contributed by atoms with E-state index < -0.39 is 0 Å². The quantitative estimate of drug-likeness (QED) is 0.654. The van der Waals surface area contributed by atoms with Crippen molar-refractivity contribution in [1.29, 1.82) is 0 Å². The Hall–Kier alpha value is -1.22. The van der Waals surface area contributed by atoms with E-state index in [9.17, 15) is 0 Å². The van der Waals surface area contributed by atoms with Crippen molar-refractivity contribution in [3.63, 3.8) is 0 Å². The number of methoxy groups -OCH3 is 1. The highest BCUT2D eigenvalue weighted by molar-refractivity contribution is 5.31. The molecule has 0 aromatic heterocycles. The first-order valence-electron chi connectivity index (χ1n) is 4.71. The maximum atomic E-state index is 5.43. The van der Waals surface area contributed by atoms with Crippen LogP contribution in [0.2, 0.25) is 0 Å². The summed E-state index contributed by atoms with van der Waals surface area (Å²) in [6.07, 6.45) is 1.02. The van der Waals surface area contributed by atoms with Gasteiger partial charge in [-0.2, -0.15) is 0 Å². The van der Waals surface area contributed by atoms with Crippen molar-refractivity contribution in [2.24, 2.45) is 0 Å². The number of benzene rings is 1. The third-order valence-corrected chi connectivity index (χ3v) is 1.64. The van der Waals surface area contributed by atoms with Crippen molar-refractivity contribution in [2.45, 2.75) is 13.3 Å². The molecule has 0 saturated heterocycles. The largest absolute Gasteiger partial charge is 0.494 e. The highest BCUT2D eigenvalue weighted by atomic mass is 16.7. The normalized spacial score (nSPS) is 9.86. The standard InChI is InChI=1S/C11H16O3/c1-3-8-13-10-4-6-11(7-5-10)14-9-12-2/h4-7H,3,8-9H2,1-2H3. The van der Waals surface area contributed by atoms with Crippen molar-refractivity contribution < 1.29 is 14.2 Å². The molecule has 0 unspecified atom stereocenters. The summed E-state index contributed by atoms with van der Waals surface area (Å²) in [5, 5.41) is 0. The van der Waals surface area contributed by atoms with E-state index in [-0.39, 0.29) is 6.79 Å². The maximum Gasteiger partial charge on any atom is 0.188 e. The van der Waals surface area contributed by atoms with Gasteiger partial charge in [-0.1, -0.05) is 6.92 Å². The van der Waals surface area contributed by atoms with Crippen LogP contribution in [0.3, 0.4) is 0 Å². The molecule has 0 aliphatic heterocycles. The van der Waals surface area contributed by atoms with Gasteiger partial charge in [0.15, 0.2) is 6.79 Å². The topological polar surface area (TPSA) is 27.7 Å². The molecule has 1 rings (SSSR count). The Labute approximate surface area is 84.6 Å². The molecule has 0 aliphatic rings. The first-order chi connectivity index (χ1) is 6.86. The van der Waals surface area contributed by atoms with E-state index in [1.165, 1.54) is 0 Å². The molecule has 0 spiro atoms. The molecule has 0 fully saturated rings. The second kappa shape index (κ2) is 6.27. The molecule has 0 amide bonds. The number of hydrogen-bond acceptors (Lipinski definition) is 3. The van der Waals surface area contributed by atoms with Gasteiger partial charge in [-0.05, 0) is 30.7 Å². The number of rotatable bonds is 6. The average Bonchev–Trinajstić information content (AvgIpc) is 2.25. The molecule has 0 aliphatic carbocycles. The molecule has 3 heteroatoms. The van der Waals surface area contributed by atoms with Gasteiger partial charge in [-0.3, -0.25) is 0 Å². The summed E-state index contributed by atoms with van der Waals surface area (Å²) < 4.78 is 15.5. The molecule has 3 nitrogen and oxygen atoms in total. The van der Waals surface area contributed by atoms with E-state index in [2.05, 4.69) is 6.92 Å². The first-order valence-corrected chi connectivity index (χ1v) is 4.71. The van der Waals surface area contributed by atoms with Gasteiger partial charge in [0.2, 0.25) is 0 Å². The summed E-state index contributed by atoms with van der Waals surface area (Å²) in [6.45, 7) is 3.10. The number of ether oxygens (including phenoxy) is 3. The molecular weight excluding hydrogens is 180 g/mol. The molecule has 14 heavy (non-hydrogen) atoms. The van der Waals surface area contributed by atoms with E-state index in [4.69, 9.17) is 14.2 Å². The Morgan fingerprint density at radius 3 is 2.07 bits per heavy atom. The van der Waals surface area contributed by atoms with Gasteiger partial charge >= 0.3 is 0 Å². The molecule has 0 atom stereocenters. The van der Waals surface area contributed by atoms with Crippen molar-refractivity contribution in [2.75, 3.05) is 20.5 Å². The fourth-order valence-corrected chi connectivity index (χ4v) is 0.979. The van der Waals surface area contributed by atoms with Crippen LogP contribution in [0.4, 0.5) is 0 Å². The minimum absolute atomic E-state index is 0.273. The predicted octanol–water partition coefficient (Wildman–Crippen LogP) is 2.46. The molecular formula is C11H16O3. The smallest absolute Gasteiger partial charge is 0.188 e. The van der Waals surface area contributed by atoms with Crippen LogP contribution in [0, 0.1) is 0 Å². The lowest BCUT2D eigenvalue weighted by atomic mass is 10.3. The predicted molar refractivity (Wildman–Crippen MR) is 54.7 cm³/mol. The Kier molecular flexibility index (Phi) is 4.86. The zero-order valence-corrected chi connectivity index (χ0v) is 8.66. The third kappa shape index (κ3) is 3.66. The molecule has 0 bridgehead atoms. The lowest BCUT2D eigenvalue weighted by molar-refractivity contribution is 0.0511. The fraction of sp³-hybridized carbons (Fsp3) is 0.455. The zero-order valence-electron chi connectivity index (χ0n) is 8.66. The minimum atomic E-state index is 0.273. The number of hydrogen-bond donors (Lipinski definition) is 0. The molecule has 78 valence electrons. The minimum Gasteiger partial charge on any atom is -0.494 e. The van der Waals surface area contributed by atoms with Crippen LogP contribution in [-0.4, -0.2) is 20.5 Å². The van der Waals surface area contributed by atoms with Crippen LogP contribution in [0.25, 0.3) is 0 Å². The van der Waals surface area contributed by atoms with Gasteiger partial charge in [0.05, 0.1) is 6.61 Å². The highest BCUT2D eigenvalue weighted by Crippen LogP contribution is 2.17. The summed E-state index contributed by atoms with van der Waals surface area (Å²) in [5.74, 6) is 1.66. The third-order valence-electron chi connectivity index (χ3n) is 1.64. The Balaban J connectivity index is 2.42. The van der Waals surface area contributed by atoms with Crippen molar-refractivity contribution >= 4 is 0 Å². The summed E-state index contributed by atoms with van der Waals surface area (Å²) >= 11 is 0. The molecule has 0 heterocycles. The van der Waals surface area contributed by atoms with Gasteiger partial charge in [-0.25, -0.2) is 0 Å². The van der Waals surface area contributed by atoms with Crippen LogP contribution >= 0.6 is 0 Å². The van der Waals surface area contributed by atoms with Crippen LogP contribution in [0.1, 0.15) is 13.3 Å². The Morgan fingerprint density at radius 2 is 1.57 bits per heavy atom.